The zero-order valence-electron chi connectivity index (χ0n) is 15.6. The lowest BCUT2D eigenvalue weighted by atomic mass is 10.2. The summed E-state index contributed by atoms with van der Waals surface area (Å²) >= 11 is 6.11. The molecule has 0 aliphatic heterocycles. The van der Waals surface area contributed by atoms with Gasteiger partial charge in [0.2, 0.25) is 0 Å². The highest BCUT2D eigenvalue weighted by atomic mass is 35.5. The third kappa shape index (κ3) is 6.00. The third-order valence-electron chi connectivity index (χ3n) is 3.77. The highest BCUT2D eigenvalue weighted by molar-refractivity contribution is 7.91. The summed E-state index contributed by atoms with van der Waals surface area (Å²) in [7, 11) is -0.416. The van der Waals surface area contributed by atoms with Crippen LogP contribution in [0.3, 0.4) is 0 Å². The normalized spacial score (nSPS) is 11.4. The number of benzene rings is 2. The standard InChI is InChI=1S/C20H21ClO6S/c1-25-18-14-15(13-17(21)20(18)26-2)9-10-19(22)27-11-6-12-28(23,24)16-7-4-3-5-8-16/h3-5,7-10,13-14H,6,11-12H2,1-2H3. The topological polar surface area (TPSA) is 78.9 Å². The van der Waals surface area contributed by atoms with Crippen LogP contribution in [0.5, 0.6) is 11.5 Å². The second kappa shape index (κ2) is 10.1. The average Bonchev–Trinajstić information content (AvgIpc) is 2.69. The van der Waals surface area contributed by atoms with Gasteiger partial charge in [-0.2, -0.15) is 0 Å². The van der Waals surface area contributed by atoms with Crippen molar-refractivity contribution < 1.29 is 27.4 Å². The summed E-state index contributed by atoms with van der Waals surface area (Å²) in [4.78, 5) is 12.1. The van der Waals surface area contributed by atoms with Crippen LogP contribution in [0.15, 0.2) is 53.4 Å². The fourth-order valence-electron chi connectivity index (χ4n) is 2.41. The van der Waals surface area contributed by atoms with E-state index in [0.717, 1.165) is 0 Å². The minimum atomic E-state index is -3.38. The summed E-state index contributed by atoms with van der Waals surface area (Å²) in [5.74, 6) is 0.167. The Balaban J connectivity index is 1.87. The first-order valence-electron chi connectivity index (χ1n) is 8.41. The lowest BCUT2D eigenvalue weighted by Gasteiger charge is -2.10. The number of halogens is 1. The Morgan fingerprint density at radius 2 is 1.82 bits per heavy atom. The number of carbonyl (C=O) groups excluding carboxylic acids is 1. The van der Waals surface area contributed by atoms with Gasteiger partial charge in [-0.1, -0.05) is 29.8 Å². The molecule has 28 heavy (non-hydrogen) atoms. The fraction of sp³-hybridized carbons (Fsp3) is 0.250. The maximum absolute atomic E-state index is 12.1. The van der Waals surface area contributed by atoms with Gasteiger partial charge in [-0.15, -0.1) is 0 Å². The van der Waals surface area contributed by atoms with E-state index < -0.39 is 15.8 Å². The summed E-state index contributed by atoms with van der Waals surface area (Å²) in [6.07, 6.45) is 2.97. The van der Waals surface area contributed by atoms with E-state index in [-0.39, 0.29) is 23.7 Å². The van der Waals surface area contributed by atoms with Gasteiger partial charge >= 0.3 is 5.97 Å². The Morgan fingerprint density at radius 1 is 1.11 bits per heavy atom. The molecule has 0 spiro atoms. The summed E-state index contributed by atoms with van der Waals surface area (Å²) < 4.78 is 39.7. The number of ether oxygens (including phenoxy) is 3. The molecule has 0 aliphatic rings. The van der Waals surface area contributed by atoms with Crippen molar-refractivity contribution in [1.29, 1.82) is 0 Å². The van der Waals surface area contributed by atoms with E-state index >= 15 is 0 Å². The number of carbonyl (C=O) groups is 1. The quantitative estimate of drug-likeness (QED) is 0.346. The molecule has 6 nitrogen and oxygen atoms in total. The van der Waals surface area contributed by atoms with Gasteiger partial charge in [0.25, 0.3) is 0 Å². The number of esters is 1. The zero-order chi connectivity index (χ0) is 20.6. The molecule has 0 aromatic heterocycles. The Morgan fingerprint density at radius 3 is 2.46 bits per heavy atom. The lowest BCUT2D eigenvalue weighted by Crippen LogP contribution is -2.11. The van der Waals surface area contributed by atoms with E-state index in [1.807, 2.05) is 0 Å². The van der Waals surface area contributed by atoms with Gasteiger partial charge in [0, 0.05) is 6.08 Å². The van der Waals surface area contributed by atoms with Crippen LogP contribution in [0.4, 0.5) is 0 Å². The first-order chi connectivity index (χ1) is 13.4. The number of sulfone groups is 1. The highest BCUT2D eigenvalue weighted by Crippen LogP contribution is 2.36. The first kappa shape index (κ1) is 21.8. The van der Waals surface area contributed by atoms with E-state index in [1.165, 1.54) is 26.4 Å². The minimum Gasteiger partial charge on any atom is -0.493 e. The molecule has 0 saturated heterocycles. The van der Waals surface area contributed by atoms with Crippen LogP contribution in [0.2, 0.25) is 5.02 Å². The number of hydrogen-bond donors (Lipinski definition) is 0. The third-order valence-corrected chi connectivity index (χ3v) is 5.87. The second-order valence-corrected chi connectivity index (χ2v) is 8.24. The van der Waals surface area contributed by atoms with Crippen molar-refractivity contribution in [3.63, 3.8) is 0 Å². The maximum Gasteiger partial charge on any atom is 0.330 e. The van der Waals surface area contributed by atoms with Crippen molar-refractivity contribution in [2.24, 2.45) is 0 Å². The average molecular weight is 425 g/mol. The van der Waals surface area contributed by atoms with Crippen molar-refractivity contribution in [3.8, 4) is 11.5 Å². The molecule has 0 fully saturated rings. The van der Waals surface area contributed by atoms with Gasteiger partial charge in [-0.3, -0.25) is 0 Å². The molecule has 2 aromatic rings. The Bertz CT molecular complexity index is 939. The maximum atomic E-state index is 12.1. The van der Waals surface area contributed by atoms with E-state index in [0.29, 0.717) is 22.1 Å². The molecule has 0 bridgehead atoms. The van der Waals surface area contributed by atoms with Crippen molar-refractivity contribution in [2.45, 2.75) is 11.3 Å². The van der Waals surface area contributed by atoms with Crippen LogP contribution < -0.4 is 9.47 Å². The first-order valence-corrected chi connectivity index (χ1v) is 10.4. The molecule has 0 heterocycles. The van der Waals surface area contributed by atoms with Crippen LogP contribution in [-0.4, -0.2) is 41.0 Å². The molecular weight excluding hydrogens is 404 g/mol. The van der Waals surface area contributed by atoms with E-state index in [2.05, 4.69) is 0 Å². The van der Waals surface area contributed by atoms with Crippen LogP contribution in [-0.2, 0) is 19.4 Å². The Labute approximate surface area is 169 Å². The van der Waals surface area contributed by atoms with Gasteiger partial charge < -0.3 is 14.2 Å². The van der Waals surface area contributed by atoms with Crippen LogP contribution >= 0.6 is 11.6 Å². The van der Waals surface area contributed by atoms with Crippen LogP contribution in [0.25, 0.3) is 6.08 Å². The SMILES string of the molecule is COc1cc(C=CC(=O)OCCCS(=O)(=O)c2ccccc2)cc(Cl)c1OC. The van der Waals surface area contributed by atoms with Crippen molar-refractivity contribution >= 4 is 33.5 Å². The number of hydrogen-bond acceptors (Lipinski definition) is 6. The lowest BCUT2D eigenvalue weighted by molar-refractivity contribution is -0.137. The number of rotatable bonds is 9. The van der Waals surface area contributed by atoms with Gasteiger partial charge in [0.15, 0.2) is 21.3 Å². The largest absolute Gasteiger partial charge is 0.493 e. The fourth-order valence-corrected chi connectivity index (χ4v) is 4.02. The summed E-state index contributed by atoms with van der Waals surface area (Å²) in [5, 5.41) is 0.348. The Kier molecular flexibility index (Phi) is 7.90. The Hall–Kier alpha value is -2.51. The van der Waals surface area contributed by atoms with Crippen LogP contribution in [0, 0.1) is 0 Å². The molecule has 0 N–H and O–H groups in total. The second-order valence-electron chi connectivity index (χ2n) is 5.72. The van der Waals surface area contributed by atoms with Crippen molar-refractivity contribution in [2.75, 3.05) is 26.6 Å². The van der Waals surface area contributed by atoms with Gasteiger partial charge in [-0.05, 0) is 42.3 Å². The highest BCUT2D eigenvalue weighted by Gasteiger charge is 2.13. The molecule has 150 valence electrons. The molecule has 0 radical (unpaired) electrons. The van der Waals surface area contributed by atoms with Gasteiger partial charge in [0.05, 0.1) is 36.5 Å². The summed E-state index contributed by atoms with van der Waals surface area (Å²) in [6.45, 7) is 0.00191. The zero-order valence-corrected chi connectivity index (χ0v) is 17.1. The van der Waals surface area contributed by atoms with Gasteiger partial charge in [-0.25, -0.2) is 13.2 Å². The predicted molar refractivity (Wildman–Crippen MR) is 108 cm³/mol. The van der Waals surface area contributed by atoms with Crippen molar-refractivity contribution in [3.05, 3.63) is 59.1 Å². The van der Waals surface area contributed by atoms with E-state index in [1.54, 1.807) is 42.5 Å². The predicted octanol–water partition coefficient (Wildman–Crippen LogP) is 3.78. The molecule has 0 atom stereocenters. The molecule has 0 unspecified atom stereocenters. The van der Waals surface area contributed by atoms with Crippen LogP contribution in [0.1, 0.15) is 12.0 Å². The molecule has 2 aromatic carbocycles. The van der Waals surface area contributed by atoms with E-state index in [4.69, 9.17) is 25.8 Å². The van der Waals surface area contributed by atoms with Gasteiger partial charge in [0.1, 0.15) is 0 Å². The molecule has 0 saturated carbocycles. The monoisotopic (exact) mass is 424 g/mol. The molecule has 0 aliphatic carbocycles. The molecular formula is C20H21ClO6S. The minimum absolute atomic E-state index is 0.00191. The summed E-state index contributed by atoms with van der Waals surface area (Å²) in [6, 6.07) is 11.5. The smallest absolute Gasteiger partial charge is 0.330 e. The number of methoxy groups -OCH3 is 2. The molecule has 2 rings (SSSR count). The molecule has 8 heteroatoms. The van der Waals surface area contributed by atoms with E-state index in [9.17, 15) is 13.2 Å². The summed E-state index contributed by atoms with van der Waals surface area (Å²) in [5.41, 5.74) is 0.631. The molecule has 0 amide bonds. The van der Waals surface area contributed by atoms with Crippen molar-refractivity contribution in [1.82, 2.24) is 0 Å².